The Morgan fingerprint density at radius 2 is 1.64 bits per heavy atom. The maximum Gasteiger partial charge on any atom is 1.00 e. The van der Waals surface area contributed by atoms with Crippen molar-refractivity contribution in [3.63, 3.8) is 0 Å². The van der Waals surface area contributed by atoms with E-state index in [0.717, 1.165) is 16.7 Å². The van der Waals surface area contributed by atoms with Crippen LogP contribution in [-0.4, -0.2) is 30.8 Å². The van der Waals surface area contributed by atoms with Crippen LogP contribution in [0.25, 0.3) is 0 Å². The Balaban J connectivity index is 0.00000280. The molecule has 0 atom stereocenters. The third-order valence-corrected chi connectivity index (χ3v) is 4.27. The molecular formula is C20H21KN2O5. The largest absolute Gasteiger partial charge is 1.00 e. The summed E-state index contributed by atoms with van der Waals surface area (Å²) in [4.78, 5) is 23.1. The predicted molar refractivity (Wildman–Crippen MR) is 95.3 cm³/mol. The Kier molecular flexibility index (Phi) is 9.09. The van der Waals surface area contributed by atoms with Gasteiger partial charge in [-0.3, -0.25) is 0 Å². The van der Waals surface area contributed by atoms with Gasteiger partial charge >= 0.3 is 57.4 Å². The van der Waals surface area contributed by atoms with E-state index in [1.165, 1.54) is 0 Å². The molecule has 1 aliphatic rings. The van der Waals surface area contributed by atoms with E-state index in [1.54, 1.807) is 0 Å². The zero-order valence-corrected chi connectivity index (χ0v) is 18.9. The van der Waals surface area contributed by atoms with E-state index in [0.29, 0.717) is 13.2 Å². The molecule has 1 fully saturated rings. The number of ether oxygens (including phenoxy) is 2. The molecule has 1 heterocycles. The first-order valence-electron chi connectivity index (χ1n) is 8.62. The summed E-state index contributed by atoms with van der Waals surface area (Å²) in [6.45, 7) is 1.08. The van der Waals surface area contributed by atoms with E-state index >= 15 is 0 Å². The van der Waals surface area contributed by atoms with Gasteiger partial charge in [0, 0.05) is 6.54 Å². The quantitative estimate of drug-likeness (QED) is 0.480. The van der Waals surface area contributed by atoms with Gasteiger partial charge in [0.1, 0.15) is 5.54 Å². The number of amides is 2. The van der Waals surface area contributed by atoms with Crippen molar-refractivity contribution >= 4 is 12.0 Å². The molecule has 8 heteroatoms. The summed E-state index contributed by atoms with van der Waals surface area (Å²) in [5, 5.41) is 16.2. The number of carbonyl (C=O) groups is 2. The number of rotatable bonds is 8. The molecule has 7 nitrogen and oxygen atoms in total. The molecular weight excluding hydrogens is 387 g/mol. The number of carboxylic acid groups (broad SMARTS) is 1. The first kappa shape index (κ1) is 23.0. The van der Waals surface area contributed by atoms with E-state index < -0.39 is 17.5 Å². The van der Waals surface area contributed by atoms with Crippen LogP contribution >= 0.6 is 0 Å². The van der Waals surface area contributed by atoms with Crippen LogP contribution in [-0.2, 0) is 34.0 Å². The Hall–Kier alpha value is -1.26. The monoisotopic (exact) mass is 408 g/mol. The van der Waals surface area contributed by atoms with Crippen LogP contribution < -0.4 is 67.1 Å². The fourth-order valence-corrected chi connectivity index (χ4v) is 2.68. The molecule has 0 aliphatic carbocycles. The van der Waals surface area contributed by atoms with Crippen LogP contribution in [0.4, 0.5) is 4.79 Å². The second-order valence-electron chi connectivity index (χ2n) is 6.47. The van der Waals surface area contributed by atoms with Gasteiger partial charge in [0.25, 0.3) is 0 Å². The van der Waals surface area contributed by atoms with Crippen molar-refractivity contribution in [2.24, 2.45) is 0 Å². The third-order valence-electron chi connectivity index (χ3n) is 4.27. The molecule has 0 aromatic heterocycles. The van der Waals surface area contributed by atoms with Crippen molar-refractivity contribution in [2.75, 3.05) is 13.2 Å². The second kappa shape index (κ2) is 11.1. The standard InChI is InChI=1S/C20H22N2O5.K/c23-18(24)20(13-27-14-20)22-19(25)21-10-16-7-4-8-17(9-16)12-26-11-15-5-2-1-3-6-15;/h1-9H,10-14H2,(H,23,24)(H2,21,22,25);/q;+1/p-1. The van der Waals surface area contributed by atoms with Crippen molar-refractivity contribution in [1.29, 1.82) is 0 Å². The van der Waals surface area contributed by atoms with Crippen molar-refractivity contribution in [3.05, 3.63) is 71.3 Å². The smallest absolute Gasteiger partial charge is 0.547 e. The Morgan fingerprint density at radius 3 is 2.29 bits per heavy atom. The van der Waals surface area contributed by atoms with Crippen LogP contribution in [0.2, 0.25) is 0 Å². The number of hydrogen-bond acceptors (Lipinski definition) is 5. The van der Waals surface area contributed by atoms with Crippen molar-refractivity contribution in [3.8, 4) is 0 Å². The summed E-state index contributed by atoms with van der Waals surface area (Å²) in [6.07, 6.45) is 0. The maximum absolute atomic E-state index is 11.9. The van der Waals surface area contributed by atoms with E-state index in [4.69, 9.17) is 9.47 Å². The molecule has 0 bridgehead atoms. The van der Waals surface area contributed by atoms with Gasteiger partial charge in [0.2, 0.25) is 0 Å². The minimum absolute atomic E-state index is 0. The van der Waals surface area contributed by atoms with Crippen LogP contribution in [0.1, 0.15) is 16.7 Å². The average Bonchev–Trinajstić information content (AvgIpc) is 2.64. The second-order valence-corrected chi connectivity index (χ2v) is 6.47. The Labute approximate surface area is 206 Å². The third kappa shape index (κ3) is 6.38. The van der Waals surface area contributed by atoms with Gasteiger partial charge in [0.15, 0.2) is 0 Å². The fourth-order valence-electron chi connectivity index (χ4n) is 2.68. The molecule has 2 aromatic carbocycles. The average molecular weight is 408 g/mol. The number of aliphatic carboxylic acids is 1. The Morgan fingerprint density at radius 1 is 1.00 bits per heavy atom. The van der Waals surface area contributed by atoms with Crippen LogP contribution in [0.3, 0.4) is 0 Å². The molecule has 0 spiro atoms. The van der Waals surface area contributed by atoms with E-state index in [1.807, 2.05) is 54.6 Å². The molecule has 0 radical (unpaired) electrons. The van der Waals surface area contributed by atoms with E-state index in [9.17, 15) is 14.7 Å². The number of nitrogens with one attached hydrogen (secondary N) is 2. The predicted octanol–water partition coefficient (Wildman–Crippen LogP) is -2.27. The molecule has 0 unspecified atom stereocenters. The first-order chi connectivity index (χ1) is 13.1. The molecule has 2 N–H and O–H groups in total. The minimum Gasteiger partial charge on any atom is -0.547 e. The van der Waals surface area contributed by atoms with Gasteiger partial charge in [-0.25, -0.2) is 4.79 Å². The Bertz CT molecular complexity index is 796. The van der Waals surface area contributed by atoms with Crippen LogP contribution in [0, 0.1) is 0 Å². The molecule has 2 aromatic rings. The minimum atomic E-state index is -1.43. The summed E-state index contributed by atoms with van der Waals surface area (Å²) >= 11 is 0. The number of benzene rings is 2. The van der Waals surface area contributed by atoms with Crippen molar-refractivity contribution in [1.82, 2.24) is 10.6 Å². The first-order valence-corrected chi connectivity index (χ1v) is 8.62. The molecule has 28 heavy (non-hydrogen) atoms. The number of carbonyl (C=O) groups excluding carboxylic acids is 2. The van der Waals surface area contributed by atoms with Crippen molar-refractivity contribution < 1.29 is 75.6 Å². The molecule has 1 saturated heterocycles. The summed E-state index contributed by atoms with van der Waals surface area (Å²) in [5.41, 5.74) is 1.55. The SMILES string of the molecule is O=C(NCc1cccc(COCc2ccccc2)c1)NC1(C(=O)[O-])COC1.[K+]. The van der Waals surface area contributed by atoms with Gasteiger partial charge < -0.3 is 30.0 Å². The van der Waals surface area contributed by atoms with Gasteiger partial charge in [-0.1, -0.05) is 54.6 Å². The zero-order valence-electron chi connectivity index (χ0n) is 15.8. The number of urea groups is 1. The molecule has 3 rings (SSSR count). The normalized spacial score (nSPS) is 14.3. The summed E-state index contributed by atoms with van der Waals surface area (Å²) in [5.74, 6) is -1.35. The topological polar surface area (TPSA) is 99.7 Å². The molecule has 1 aliphatic heterocycles. The van der Waals surface area contributed by atoms with Gasteiger partial charge in [-0.05, 0) is 16.7 Å². The zero-order chi connectivity index (χ0) is 19.1. The summed E-state index contributed by atoms with van der Waals surface area (Å²) in [7, 11) is 0. The fraction of sp³-hybridized carbons (Fsp3) is 0.300. The number of carboxylic acids is 1. The van der Waals surface area contributed by atoms with Crippen LogP contribution in [0.15, 0.2) is 54.6 Å². The van der Waals surface area contributed by atoms with Gasteiger partial charge in [-0.15, -0.1) is 0 Å². The van der Waals surface area contributed by atoms with Gasteiger partial charge in [0.05, 0.1) is 32.4 Å². The molecule has 142 valence electrons. The van der Waals surface area contributed by atoms with Gasteiger partial charge in [-0.2, -0.15) is 0 Å². The summed E-state index contributed by atoms with van der Waals surface area (Å²) in [6, 6.07) is 17.0. The maximum atomic E-state index is 11.9. The van der Waals surface area contributed by atoms with E-state index in [2.05, 4.69) is 10.6 Å². The van der Waals surface area contributed by atoms with E-state index in [-0.39, 0.29) is 71.1 Å². The molecule has 2 amide bonds. The van der Waals surface area contributed by atoms with Crippen LogP contribution in [0.5, 0.6) is 0 Å². The molecule has 0 saturated carbocycles. The van der Waals surface area contributed by atoms with Crippen molar-refractivity contribution in [2.45, 2.75) is 25.3 Å². The number of hydrogen-bond donors (Lipinski definition) is 2. The summed E-state index contributed by atoms with van der Waals surface area (Å²) < 4.78 is 10.6.